The standard InChI is InChI=1S/C14H17F2N3O3/c1-9(19-7-6-17-12(20)8-19)13(21)18-10-4-2-3-5-11(10)22-14(15)16/h2-5,9,14H,6-8H2,1H3,(H,17,20)(H,18,21)/t9-/m0/s1. The van der Waals surface area contributed by atoms with Crippen LogP contribution in [0.3, 0.4) is 0 Å². The first-order chi connectivity index (χ1) is 10.5. The van der Waals surface area contributed by atoms with Crippen LogP contribution in [-0.2, 0) is 9.59 Å². The van der Waals surface area contributed by atoms with Crippen LogP contribution in [0.15, 0.2) is 24.3 Å². The molecule has 0 aromatic heterocycles. The number of amides is 2. The van der Waals surface area contributed by atoms with Crippen LogP contribution in [0.5, 0.6) is 5.75 Å². The summed E-state index contributed by atoms with van der Waals surface area (Å²) in [7, 11) is 0. The summed E-state index contributed by atoms with van der Waals surface area (Å²) < 4.78 is 29.0. The van der Waals surface area contributed by atoms with E-state index in [1.165, 1.54) is 18.2 Å². The van der Waals surface area contributed by atoms with Crippen molar-refractivity contribution in [2.75, 3.05) is 25.0 Å². The van der Waals surface area contributed by atoms with Gasteiger partial charge in [-0.3, -0.25) is 14.5 Å². The van der Waals surface area contributed by atoms with Gasteiger partial charge in [-0.1, -0.05) is 12.1 Å². The summed E-state index contributed by atoms with van der Waals surface area (Å²) in [6.45, 7) is -0.160. The van der Waals surface area contributed by atoms with E-state index in [9.17, 15) is 18.4 Å². The van der Waals surface area contributed by atoms with Crippen molar-refractivity contribution in [2.24, 2.45) is 0 Å². The Kier molecular flexibility index (Phi) is 5.26. The number of nitrogens with zero attached hydrogens (tertiary/aromatic N) is 1. The van der Waals surface area contributed by atoms with E-state index >= 15 is 0 Å². The van der Waals surface area contributed by atoms with Crippen molar-refractivity contribution in [2.45, 2.75) is 19.6 Å². The Morgan fingerprint density at radius 2 is 2.14 bits per heavy atom. The van der Waals surface area contributed by atoms with Crippen molar-refractivity contribution in [1.82, 2.24) is 10.2 Å². The Hall–Kier alpha value is -2.22. The van der Waals surface area contributed by atoms with E-state index in [-0.39, 0.29) is 29.8 Å². The molecule has 2 rings (SSSR count). The Labute approximate surface area is 126 Å². The van der Waals surface area contributed by atoms with E-state index in [1.807, 2.05) is 0 Å². The van der Waals surface area contributed by atoms with Crippen LogP contribution < -0.4 is 15.4 Å². The van der Waals surface area contributed by atoms with E-state index in [2.05, 4.69) is 15.4 Å². The number of rotatable bonds is 5. The van der Waals surface area contributed by atoms with Crippen molar-refractivity contribution >= 4 is 17.5 Å². The summed E-state index contributed by atoms with van der Waals surface area (Å²) in [5, 5.41) is 5.23. The fraction of sp³-hybridized carbons (Fsp3) is 0.429. The maximum absolute atomic E-state index is 12.3. The summed E-state index contributed by atoms with van der Waals surface area (Å²) in [6.07, 6.45) is 0. The highest BCUT2D eigenvalue weighted by Gasteiger charge is 2.26. The molecule has 0 unspecified atom stereocenters. The Morgan fingerprint density at radius 3 is 2.82 bits per heavy atom. The number of carbonyl (C=O) groups is 2. The van der Waals surface area contributed by atoms with Crippen LogP contribution >= 0.6 is 0 Å². The third-order valence-electron chi connectivity index (χ3n) is 3.36. The average molecular weight is 313 g/mol. The normalized spacial score (nSPS) is 17.0. The van der Waals surface area contributed by atoms with Gasteiger partial charge < -0.3 is 15.4 Å². The zero-order chi connectivity index (χ0) is 16.1. The van der Waals surface area contributed by atoms with Crippen LogP contribution in [0.2, 0.25) is 0 Å². The molecule has 0 radical (unpaired) electrons. The molecule has 0 saturated carbocycles. The largest absolute Gasteiger partial charge is 0.433 e. The van der Waals surface area contributed by atoms with Crippen molar-refractivity contribution in [3.05, 3.63) is 24.3 Å². The lowest BCUT2D eigenvalue weighted by molar-refractivity contribution is -0.127. The molecular weight excluding hydrogens is 296 g/mol. The highest BCUT2D eigenvalue weighted by molar-refractivity contribution is 5.96. The van der Waals surface area contributed by atoms with Gasteiger partial charge >= 0.3 is 6.61 Å². The predicted octanol–water partition coefficient (Wildman–Crippen LogP) is 1.05. The lowest BCUT2D eigenvalue weighted by atomic mass is 10.2. The molecule has 0 aliphatic carbocycles. The molecule has 8 heteroatoms. The molecule has 1 atom stereocenters. The molecular formula is C14H17F2N3O3. The van der Waals surface area contributed by atoms with Crippen molar-refractivity contribution < 1.29 is 23.1 Å². The Balaban J connectivity index is 2.03. The summed E-state index contributed by atoms with van der Waals surface area (Å²) >= 11 is 0. The number of hydrogen-bond acceptors (Lipinski definition) is 4. The number of ether oxygens (including phenoxy) is 1. The lowest BCUT2D eigenvalue weighted by Gasteiger charge is -2.31. The molecule has 0 spiro atoms. The third-order valence-corrected chi connectivity index (χ3v) is 3.36. The minimum atomic E-state index is -2.97. The van der Waals surface area contributed by atoms with Gasteiger partial charge in [0.2, 0.25) is 11.8 Å². The van der Waals surface area contributed by atoms with E-state index in [0.29, 0.717) is 13.1 Å². The zero-order valence-electron chi connectivity index (χ0n) is 12.0. The maximum Gasteiger partial charge on any atom is 0.387 e. The van der Waals surface area contributed by atoms with Crippen LogP contribution in [0.1, 0.15) is 6.92 Å². The molecule has 120 valence electrons. The van der Waals surface area contributed by atoms with E-state index in [4.69, 9.17) is 0 Å². The summed E-state index contributed by atoms with van der Waals surface area (Å²) in [6, 6.07) is 5.40. The molecule has 1 heterocycles. The molecule has 1 saturated heterocycles. The fourth-order valence-corrected chi connectivity index (χ4v) is 2.16. The van der Waals surface area contributed by atoms with Gasteiger partial charge in [-0.2, -0.15) is 8.78 Å². The van der Waals surface area contributed by atoms with E-state index in [0.717, 1.165) is 0 Å². The third kappa shape index (κ3) is 4.14. The monoisotopic (exact) mass is 313 g/mol. The maximum atomic E-state index is 12.3. The summed E-state index contributed by atoms with van der Waals surface area (Å²) in [5.41, 5.74) is 0.168. The molecule has 2 N–H and O–H groups in total. The molecule has 0 bridgehead atoms. The summed E-state index contributed by atoms with van der Waals surface area (Å²) in [4.78, 5) is 25.3. The minimum absolute atomic E-state index is 0.102. The van der Waals surface area contributed by atoms with Gasteiger partial charge in [-0.05, 0) is 19.1 Å². The number of alkyl halides is 2. The van der Waals surface area contributed by atoms with Crippen LogP contribution in [0, 0.1) is 0 Å². The first-order valence-electron chi connectivity index (χ1n) is 6.83. The number of carbonyl (C=O) groups excluding carboxylic acids is 2. The smallest absolute Gasteiger partial charge is 0.387 e. The lowest BCUT2D eigenvalue weighted by Crippen LogP contribution is -2.53. The first kappa shape index (κ1) is 16.2. The van der Waals surface area contributed by atoms with Gasteiger partial charge in [0.15, 0.2) is 0 Å². The molecule has 1 fully saturated rings. The number of hydrogen-bond donors (Lipinski definition) is 2. The molecule has 2 amide bonds. The zero-order valence-corrected chi connectivity index (χ0v) is 12.0. The van der Waals surface area contributed by atoms with Gasteiger partial charge in [0.25, 0.3) is 0 Å². The van der Waals surface area contributed by atoms with Crippen molar-refractivity contribution in [1.29, 1.82) is 0 Å². The van der Waals surface area contributed by atoms with Crippen molar-refractivity contribution in [3.63, 3.8) is 0 Å². The highest BCUT2D eigenvalue weighted by Crippen LogP contribution is 2.25. The second-order valence-electron chi connectivity index (χ2n) is 4.86. The molecule has 1 aromatic rings. The number of nitrogens with one attached hydrogen (secondary N) is 2. The highest BCUT2D eigenvalue weighted by atomic mass is 19.3. The summed E-state index contributed by atoms with van der Waals surface area (Å²) in [5.74, 6) is -0.637. The molecule has 1 aliphatic heterocycles. The SMILES string of the molecule is C[C@@H](C(=O)Nc1ccccc1OC(F)F)N1CCNC(=O)C1. The topological polar surface area (TPSA) is 70.7 Å². The first-order valence-corrected chi connectivity index (χ1v) is 6.83. The Bertz CT molecular complexity index is 554. The number of para-hydroxylation sites is 2. The van der Waals surface area contributed by atoms with E-state index in [1.54, 1.807) is 17.9 Å². The number of anilines is 1. The number of piperazine rings is 1. The number of halogens is 2. The second kappa shape index (κ2) is 7.17. The quantitative estimate of drug-likeness (QED) is 0.852. The molecule has 1 aromatic carbocycles. The average Bonchev–Trinajstić information content (AvgIpc) is 2.48. The van der Waals surface area contributed by atoms with Gasteiger partial charge in [-0.15, -0.1) is 0 Å². The predicted molar refractivity (Wildman–Crippen MR) is 75.7 cm³/mol. The van der Waals surface area contributed by atoms with Crippen LogP contribution in [-0.4, -0.2) is 49.0 Å². The van der Waals surface area contributed by atoms with Gasteiger partial charge in [0.1, 0.15) is 5.75 Å². The van der Waals surface area contributed by atoms with Crippen LogP contribution in [0.25, 0.3) is 0 Å². The van der Waals surface area contributed by atoms with Gasteiger partial charge in [0, 0.05) is 13.1 Å². The van der Waals surface area contributed by atoms with E-state index < -0.39 is 12.7 Å². The Morgan fingerprint density at radius 1 is 1.41 bits per heavy atom. The van der Waals surface area contributed by atoms with Gasteiger partial charge in [-0.25, -0.2) is 0 Å². The molecule has 22 heavy (non-hydrogen) atoms. The van der Waals surface area contributed by atoms with Gasteiger partial charge in [0.05, 0.1) is 18.3 Å². The second-order valence-corrected chi connectivity index (χ2v) is 4.86. The minimum Gasteiger partial charge on any atom is -0.433 e. The van der Waals surface area contributed by atoms with Crippen LogP contribution in [0.4, 0.5) is 14.5 Å². The molecule has 1 aliphatic rings. The number of benzene rings is 1. The molecule has 6 nitrogen and oxygen atoms in total. The van der Waals surface area contributed by atoms with Crippen molar-refractivity contribution in [3.8, 4) is 5.75 Å². The fourth-order valence-electron chi connectivity index (χ4n) is 2.16.